The van der Waals surface area contributed by atoms with Crippen molar-refractivity contribution >= 4 is 21.9 Å². The van der Waals surface area contributed by atoms with E-state index in [9.17, 15) is 0 Å². The number of hydrogen-bond acceptors (Lipinski definition) is 3. The number of aromatic nitrogens is 4. The topological polar surface area (TPSA) is 43.6 Å². The lowest BCUT2D eigenvalue weighted by atomic mass is 9.97. The Labute approximate surface area is 249 Å². The van der Waals surface area contributed by atoms with Gasteiger partial charge in [-0.25, -0.2) is 9.97 Å². The third-order valence-corrected chi connectivity index (χ3v) is 7.91. The van der Waals surface area contributed by atoms with Gasteiger partial charge in [0, 0.05) is 34.4 Å². The van der Waals surface area contributed by atoms with Crippen molar-refractivity contribution in [3.8, 4) is 50.6 Å². The summed E-state index contributed by atoms with van der Waals surface area (Å²) < 4.78 is 2.23. The van der Waals surface area contributed by atoms with Crippen LogP contribution < -0.4 is 0 Å². The van der Waals surface area contributed by atoms with E-state index < -0.39 is 0 Å². The Morgan fingerprint density at radius 1 is 0.395 bits per heavy atom. The summed E-state index contributed by atoms with van der Waals surface area (Å²) in [6.07, 6.45) is 3.67. The summed E-state index contributed by atoms with van der Waals surface area (Å²) in [6.45, 7) is 0. The summed E-state index contributed by atoms with van der Waals surface area (Å²) >= 11 is 0. The molecule has 0 spiro atoms. The lowest BCUT2D eigenvalue weighted by molar-refractivity contribution is 1.13. The van der Waals surface area contributed by atoms with Gasteiger partial charge in [0.2, 0.25) is 0 Å². The van der Waals surface area contributed by atoms with E-state index in [1.165, 1.54) is 16.5 Å². The fourth-order valence-corrected chi connectivity index (χ4v) is 5.84. The SMILES string of the molecule is c1ccc(-c2cccc(-c3cc(-c4ccc(-n5c6ccccc6c6cccnc65)cc4)nc(-c4ccccn4)c3)c2)cc1. The lowest BCUT2D eigenvalue weighted by Gasteiger charge is -2.12. The molecule has 0 aliphatic carbocycles. The molecule has 0 amide bonds. The van der Waals surface area contributed by atoms with Crippen LogP contribution >= 0.6 is 0 Å². The maximum Gasteiger partial charge on any atom is 0.145 e. The Hall–Kier alpha value is -5.87. The second kappa shape index (κ2) is 10.5. The molecule has 0 fully saturated rings. The molecule has 0 unspecified atom stereocenters. The standard InChI is InChI=1S/C39H26N4/c1-2-10-27(11-3-1)29-12-8-13-30(24-29)31-25-36(42-37(26-31)35-16-6-7-22-40-35)28-18-20-32(21-19-28)43-38-17-5-4-14-33(38)34-15-9-23-41-39(34)43/h1-26H. The van der Waals surface area contributed by atoms with E-state index in [0.717, 1.165) is 56.0 Å². The monoisotopic (exact) mass is 550 g/mol. The van der Waals surface area contributed by atoms with Gasteiger partial charge in [0.15, 0.2) is 0 Å². The van der Waals surface area contributed by atoms with Gasteiger partial charge < -0.3 is 0 Å². The molecule has 4 heterocycles. The van der Waals surface area contributed by atoms with Gasteiger partial charge in [-0.2, -0.15) is 0 Å². The van der Waals surface area contributed by atoms with Crippen LogP contribution in [0.4, 0.5) is 0 Å². The number of para-hydroxylation sites is 1. The second-order valence-electron chi connectivity index (χ2n) is 10.6. The van der Waals surface area contributed by atoms with Crippen molar-refractivity contribution in [3.63, 3.8) is 0 Å². The Morgan fingerprint density at radius 3 is 1.93 bits per heavy atom. The molecule has 0 atom stereocenters. The van der Waals surface area contributed by atoms with Crippen LogP contribution in [-0.4, -0.2) is 19.5 Å². The van der Waals surface area contributed by atoms with Crippen LogP contribution in [0.25, 0.3) is 72.5 Å². The third-order valence-electron chi connectivity index (χ3n) is 7.91. The van der Waals surface area contributed by atoms with Crippen LogP contribution in [0.15, 0.2) is 158 Å². The van der Waals surface area contributed by atoms with E-state index >= 15 is 0 Å². The first-order valence-electron chi connectivity index (χ1n) is 14.4. The Balaban J connectivity index is 1.25. The summed E-state index contributed by atoms with van der Waals surface area (Å²) in [5.41, 5.74) is 11.4. The number of fused-ring (bicyclic) bond motifs is 3. The van der Waals surface area contributed by atoms with Crippen molar-refractivity contribution in [2.75, 3.05) is 0 Å². The quantitative estimate of drug-likeness (QED) is 0.214. The molecule has 43 heavy (non-hydrogen) atoms. The second-order valence-corrected chi connectivity index (χ2v) is 10.6. The van der Waals surface area contributed by atoms with Crippen molar-refractivity contribution in [3.05, 3.63) is 158 Å². The smallest absolute Gasteiger partial charge is 0.145 e. The van der Waals surface area contributed by atoms with Gasteiger partial charge in [0.1, 0.15) is 5.65 Å². The summed E-state index contributed by atoms with van der Waals surface area (Å²) in [4.78, 5) is 14.4. The first-order chi connectivity index (χ1) is 21.3. The van der Waals surface area contributed by atoms with Crippen LogP contribution in [-0.2, 0) is 0 Å². The first-order valence-corrected chi connectivity index (χ1v) is 14.4. The van der Waals surface area contributed by atoms with Crippen LogP contribution in [0.3, 0.4) is 0 Å². The molecule has 0 saturated heterocycles. The highest BCUT2D eigenvalue weighted by atomic mass is 15.0. The molecule has 0 saturated carbocycles. The molecule has 0 bridgehead atoms. The number of rotatable bonds is 5. The molecule has 4 nitrogen and oxygen atoms in total. The van der Waals surface area contributed by atoms with Gasteiger partial charge >= 0.3 is 0 Å². The number of benzene rings is 4. The van der Waals surface area contributed by atoms with E-state index in [1.54, 1.807) is 0 Å². The lowest BCUT2D eigenvalue weighted by Crippen LogP contribution is -1.96. The van der Waals surface area contributed by atoms with Crippen molar-refractivity contribution in [2.24, 2.45) is 0 Å². The van der Waals surface area contributed by atoms with E-state index in [-0.39, 0.29) is 0 Å². The molecular formula is C39H26N4. The zero-order valence-electron chi connectivity index (χ0n) is 23.3. The van der Waals surface area contributed by atoms with Crippen LogP contribution in [0.1, 0.15) is 0 Å². The number of hydrogen-bond donors (Lipinski definition) is 0. The highest BCUT2D eigenvalue weighted by Crippen LogP contribution is 2.34. The van der Waals surface area contributed by atoms with Crippen molar-refractivity contribution in [1.82, 2.24) is 19.5 Å². The van der Waals surface area contributed by atoms with Crippen LogP contribution in [0.5, 0.6) is 0 Å². The predicted octanol–water partition coefficient (Wildman–Crippen LogP) is 9.64. The van der Waals surface area contributed by atoms with E-state index in [1.807, 2.05) is 42.7 Å². The van der Waals surface area contributed by atoms with Gasteiger partial charge in [0.25, 0.3) is 0 Å². The molecule has 8 aromatic rings. The minimum absolute atomic E-state index is 0.842. The molecule has 0 aliphatic rings. The van der Waals surface area contributed by atoms with Crippen molar-refractivity contribution in [2.45, 2.75) is 0 Å². The van der Waals surface area contributed by atoms with Gasteiger partial charge in [-0.05, 0) is 82.9 Å². The Morgan fingerprint density at radius 2 is 1.09 bits per heavy atom. The zero-order chi connectivity index (χ0) is 28.6. The Bertz CT molecular complexity index is 2160. The average Bonchev–Trinajstić information content (AvgIpc) is 3.43. The average molecular weight is 551 g/mol. The molecule has 0 radical (unpaired) electrons. The maximum atomic E-state index is 5.09. The van der Waals surface area contributed by atoms with E-state index in [4.69, 9.17) is 9.97 Å². The summed E-state index contributed by atoms with van der Waals surface area (Å²) in [5, 5.41) is 2.34. The van der Waals surface area contributed by atoms with Gasteiger partial charge in [-0.1, -0.05) is 84.9 Å². The Kier molecular flexibility index (Phi) is 6.08. The molecule has 4 aromatic heterocycles. The maximum absolute atomic E-state index is 5.09. The first kappa shape index (κ1) is 24.9. The fraction of sp³-hybridized carbons (Fsp3) is 0. The van der Waals surface area contributed by atoms with Crippen molar-refractivity contribution in [1.29, 1.82) is 0 Å². The highest BCUT2D eigenvalue weighted by molar-refractivity contribution is 6.07. The molecule has 8 rings (SSSR count). The van der Waals surface area contributed by atoms with Crippen LogP contribution in [0.2, 0.25) is 0 Å². The van der Waals surface area contributed by atoms with E-state index in [2.05, 4.69) is 125 Å². The minimum Gasteiger partial charge on any atom is -0.294 e. The van der Waals surface area contributed by atoms with Crippen molar-refractivity contribution < 1.29 is 0 Å². The molecule has 4 aromatic carbocycles. The summed E-state index contributed by atoms with van der Waals surface area (Å²) in [5.74, 6) is 0. The van der Waals surface area contributed by atoms with Gasteiger partial charge in [-0.3, -0.25) is 9.55 Å². The summed E-state index contributed by atoms with van der Waals surface area (Å²) in [7, 11) is 0. The molecule has 0 aliphatic heterocycles. The minimum atomic E-state index is 0.842. The molecule has 0 N–H and O–H groups in total. The largest absolute Gasteiger partial charge is 0.294 e. The normalized spacial score (nSPS) is 11.3. The van der Waals surface area contributed by atoms with Gasteiger partial charge in [0.05, 0.1) is 22.6 Å². The van der Waals surface area contributed by atoms with E-state index in [0.29, 0.717) is 0 Å². The highest BCUT2D eigenvalue weighted by Gasteiger charge is 2.14. The predicted molar refractivity (Wildman–Crippen MR) is 176 cm³/mol. The van der Waals surface area contributed by atoms with Crippen LogP contribution in [0, 0.1) is 0 Å². The zero-order valence-corrected chi connectivity index (χ0v) is 23.3. The number of pyridine rings is 3. The molecule has 4 heteroatoms. The van der Waals surface area contributed by atoms with Gasteiger partial charge in [-0.15, -0.1) is 0 Å². The number of nitrogens with zero attached hydrogens (tertiary/aromatic N) is 4. The molecular weight excluding hydrogens is 524 g/mol. The third kappa shape index (κ3) is 4.55. The molecule has 202 valence electrons. The fourth-order valence-electron chi connectivity index (χ4n) is 5.84. The summed E-state index contributed by atoms with van der Waals surface area (Å²) in [6, 6.07) is 50.6.